The van der Waals surface area contributed by atoms with Crippen LogP contribution in [0.4, 0.5) is 4.39 Å². The van der Waals surface area contributed by atoms with E-state index < -0.39 is 11.8 Å². The fourth-order valence-corrected chi connectivity index (χ4v) is 3.74. The van der Waals surface area contributed by atoms with Gasteiger partial charge >= 0.3 is 5.97 Å². The van der Waals surface area contributed by atoms with Gasteiger partial charge in [-0.15, -0.1) is 0 Å². The highest BCUT2D eigenvalue weighted by molar-refractivity contribution is 6.32. The van der Waals surface area contributed by atoms with Crippen LogP contribution in [0.5, 0.6) is 5.75 Å². The van der Waals surface area contributed by atoms with Gasteiger partial charge in [-0.05, 0) is 49.2 Å². The third-order valence-corrected chi connectivity index (χ3v) is 5.40. The molecule has 3 unspecified atom stereocenters. The van der Waals surface area contributed by atoms with Crippen LogP contribution < -0.4 is 4.74 Å². The summed E-state index contributed by atoms with van der Waals surface area (Å²) >= 11 is 6.08. The van der Waals surface area contributed by atoms with Crippen LogP contribution in [0.1, 0.15) is 29.6 Å². The lowest BCUT2D eigenvalue weighted by Crippen LogP contribution is -2.43. The zero-order valence-corrected chi connectivity index (χ0v) is 16.1. The summed E-state index contributed by atoms with van der Waals surface area (Å²) in [6.45, 7) is 0. The molecule has 0 bridgehead atoms. The second-order valence-electron chi connectivity index (χ2n) is 7.01. The number of fused-ring (bicyclic) bond motifs is 1. The number of esters is 1. The quantitative estimate of drug-likeness (QED) is 0.676. The van der Waals surface area contributed by atoms with Crippen molar-refractivity contribution in [1.82, 2.24) is 0 Å². The van der Waals surface area contributed by atoms with Gasteiger partial charge < -0.3 is 14.2 Å². The second-order valence-corrected chi connectivity index (χ2v) is 7.41. The molecule has 0 aromatic heterocycles. The van der Waals surface area contributed by atoms with Crippen LogP contribution in [0, 0.1) is 11.7 Å². The maximum Gasteiger partial charge on any atom is 0.338 e. The molecule has 150 valence electrons. The molecule has 4 rings (SSSR count). The molecule has 2 aliphatic rings. The maximum atomic E-state index is 13.0. The van der Waals surface area contributed by atoms with E-state index in [9.17, 15) is 14.0 Å². The van der Waals surface area contributed by atoms with Crippen molar-refractivity contribution in [3.05, 3.63) is 77.0 Å². The molecule has 1 aliphatic heterocycles. The number of Topliss-reactive ketones (excluding diaryl/α,β-unsaturated/α-hetero) is 1. The molecule has 1 fully saturated rings. The van der Waals surface area contributed by atoms with Crippen molar-refractivity contribution >= 4 is 23.4 Å². The zero-order valence-electron chi connectivity index (χ0n) is 15.3. The van der Waals surface area contributed by atoms with Gasteiger partial charge in [-0.2, -0.15) is 0 Å². The molecule has 29 heavy (non-hydrogen) atoms. The number of rotatable bonds is 4. The Kier molecular flexibility index (Phi) is 5.53. The number of ether oxygens (including phenoxy) is 3. The number of halogens is 2. The first-order valence-corrected chi connectivity index (χ1v) is 9.68. The Bertz CT molecular complexity index is 956. The number of carbonyl (C=O) groups excluding carboxylic acids is 2. The van der Waals surface area contributed by atoms with Crippen LogP contribution >= 0.6 is 11.6 Å². The summed E-state index contributed by atoms with van der Waals surface area (Å²) in [7, 11) is 0. The predicted molar refractivity (Wildman–Crippen MR) is 103 cm³/mol. The van der Waals surface area contributed by atoms with E-state index in [2.05, 4.69) is 0 Å². The van der Waals surface area contributed by atoms with Crippen LogP contribution in [-0.4, -0.2) is 24.0 Å². The van der Waals surface area contributed by atoms with Gasteiger partial charge in [0.15, 0.2) is 0 Å². The monoisotopic (exact) mass is 416 g/mol. The number of hydrogen-bond acceptors (Lipinski definition) is 5. The fourth-order valence-electron chi connectivity index (χ4n) is 3.57. The molecule has 0 saturated heterocycles. The van der Waals surface area contributed by atoms with Gasteiger partial charge in [0.2, 0.25) is 11.5 Å². The Balaban J connectivity index is 1.39. The summed E-state index contributed by atoms with van der Waals surface area (Å²) in [5.41, 5.74) is 0.282. The molecule has 3 atom stereocenters. The Morgan fingerprint density at radius 1 is 1.10 bits per heavy atom. The highest BCUT2D eigenvalue weighted by Crippen LogP contribution is 2.36. The maximum absolute atomic E-state index is 13.0. The van der Waals surface area contributed by atoms with E-state index in [-0.39, 0.29) is 35.2 Å². The van der Waals surface area contributed by atoms with Crippen LogP contribution in [-0.2, 0) is 14.3 Å². The molecule has 0 amide bonds. The summed E-state index contributed by atoms with van der Waals surface area (Å²) in [5, 5.41) is 0.403. The highest BCUT2D eigenvalue weighted by Gasteiger charge is 2.42. The van der Waals surface area contributed by atoms with E-state index in [1.54, 1.807) is 24.3 Å². The molecular weight excluding hydrogens is 399 g/mol. The van der Waals surface area contributed by atoms with Crippen molar-refractivity contribution in [1.29, 1.82) is 0 Å². The van der Waals surface area contributed by atoms with Crippen LogP contribution in [0.3, 0.4) is 0 Å². The van der Waals surface area contributed by atoms with Crippen molar-refractivity contribution in [2.45, 2.75) is 31.5 Å². The molecular formula is C22H18ClFO5. The number of allylic oxidation sites excluding steroid dienone is 1. The first-order valence-electron chi connectivity index (χ1n) is 9.30. The molecule has 2 aromatic rings. The Labute approximate surface area is 172 Å². The van der Waals surface area contributed by atoms with Gasteiger partial charge in [0.1, 0.15) is 30.0 Å². The van der Waals surface area contributed by atoms with Gasteiger partial charge in [-0.1, -0.05) is 23.7 Å². The summed E-state index contributed by atoms with van der Waals surface area (Å²) in [4.78, 5) is 25.0. The van der Waals surface area contributed by atoms with Gasteiger partial charge in [0.05, 0.1) is 16.5 Å². The summed E-state index contributed by atoms with van der Waals surface area (Å²) < 4.78 is 29.9. The molecule has 1 saturated carbocycles. The number of hydrogen-bond donors (Lipinski definition) is 0. The third kappa shape index (κ3) is 4.27. The van der Waals surface area contributed by atoms with Crippen LogP contribution in [0.2, 0.25) is 5.02 Å². The Hall–Kier alpha value is -2.86. The van der Waals surface area contributed by atoms with E-state index in [4.69, 9.17) is 25.8 Å². The predicted octanol–water partition coefficient (Wildman–Crippen LogP) is 4.69. The smallest absolute Gasteiger partial charge is 0.338 e. The zero-order chi connectivity index (χ0) is 20.4. The van der Waals surface area contributed by atoms with E-state index in [1.165, 1.54) is 30.5 Å². The SMILES string of the molecule is O=C(OC1CCC2C(=O)C(Oc3ccccc3Cl)=COC2C1)c1ccc(F)cc1. The summed E-state index contributed by atoms with van der Waals surface area (Å²) in [6, 6.07) is 12.1. The minimum absolute atomic E-state index is 0.112. The Morgan fingerprint density at radius 3 is 2.62 bits per heavy atom. The number of carbonyl (C=O) groups is 2. The molecule has 0 radical (unpaired) electrons. The summed E-state index contributed by atoms with van der Waals surface area (Å²) in [5.74, 6) is -0.951. The second kappa shape index (κ2) is 8.25. The normalized spacial score (nSPS) is 23.4. The lowest BCUT2D eigenvalue weighted by Gasteiger charge is -2.36. The van der Waals surface area contributed by atoms with Crippen molar-refractivity contribution < 1.29 is 28.2 Å². The molecule has 7 heteroatoms. The average Bonchev–Trinajstić information content (AvgIpc) is 2.72. The minimum Gasteiger partial charge on any atom is -0.493 e. The fraction of sp³-hybridized carbons (Fsp3) is 0.273. The first-order chi connectivity index (χ1) is 14.0. The topological polar surface area (TPSA) is 61.8 Å². The van der Waals surface area contributed by atoms with Gasteiger partial charge in [-0.25, -0.2) is 9.18 Å². The number of ketones is 1. The van der Waals surface area contributed by atoms with Crippen molar-refractivity contribution in [3.8, 4) is 5.75 Å². The van der Waals surface area contributed by atoms with Crippen LogP contribution in [0.15, 0.2) is 60.6 Å². The van der Waals surface area contributed by atoms with E-state index >= 15 is 0 Å². The molecule has 1 heterocycles. The molecule has 5 nitrogen and oxygen atoms in total. The number of para-hydroxylation sites is 1. The van der Waals surface area contributed by atoms with Crippen molar-refractivity contribution in [2.75, 3.05) is 0 Å². The summed E-state index contributed by atoms with van der Waals surface area (Å²) in [6.07, 6.45) is 1.98. The lowest BCUT2D eigenvalue weighted by atomic mass is 9.80. The van der Waals surface area contributed by atoms with E-state index in [0.29, 0.717) is 30.0 Å². The highest BCUT2D eigenvalue weighted by atomic mass is 35.5. The number of benzene rings is 2. The van der Waals surface area contributed by atoms with Gasteiger partial charge in [0, 0.05) is 6.42 Å². The van der Waals surface area contributed by atoms with Crippen molar-refractivity contribution in [2.24, 2.45) is 5.92 Å². The van der Waals surface area contributed by atoms with Crippen LogP contribution in [0.25, 0.3) is 0 Å². The lowest BCUT2D eigenvalue weighted by molar-refractivity contribution is -0.132. The van der Waals surface area contributed by atoms with E-state index in [0.717, 1.165) is 0 Å². The third-order valence-electron chi connectivity index (χ3n) is 5.08. The average molecular weight is 417 g/mol. The van der Waals surface area contributed by atoms with Gasteiger partial charge in [-0.3, -0.25) is 4.79 Å². The standard InChI is InChI=1S/C22H18ClFO5/c23-17-3-1-2-4-18(17)29-20-12-27-19-11-15(9-10-16(19)21(20)25)28-22(26)13-5-7-14(24)8-6-13/h1-8,12,15-16,19H,9-11H2. The molecule has 2 aromatic carbocycles. The Morgan fingerprint density at radius 2 is 1.86 bits per heavy atom. The minimum atomic E-state index is -0.520. The molecule has 0 spiro atoms. The first kappa shape index (κ1) is 19.5. The molecule has 1 aliphatic carbocycles. The largest absolute Gasteiger partial charge is 0.493 e. The molecule has 0 N–H and O–H groups in total. The van der Waals surface area contributed by atoms with E-state index in [1.807, 2.05) is 0 Å². The van der Waals surface area contributed by atoms with Gasteiger partial charge in [0.25, 0.3) is 0 Å². The van der Waals surface area contributed by atoms with Crippen molar-refractivity contribution in [3.63, 3.8) is 0 Å².